The maximum absolute atomic E-state index is 13.0. The van der Waals surface area contributed by atoms with Crippen LogP contribution in [0.15, 0.2) is 23.1 Å². The Labute approximate surface area is 128 Å². The highest BCUT2D eigenvalue weighted by molar-refractivity contribution is 8.00. The Morgan fingerprint density at radius 2 is 2.14 bits per heavy atom. The molecule has 21 heavy (non-hydrogen) atoms. The number of nitrogens with one attached hydrogen (secondary N) is 1. The second-order valence-electron chi connectivity index (χ2n) is 4.63. The monoisotopic (exact) mass is 327 g/mol. The van der Waals surface area contributed by atoms with Gasteiger partial charge in [0, 0.05) is 10.8 Å². The lowest BCUT2D eigenvalue weighted by Gasteiger charge is -2.02. The van der Waals surface area contributed by atoms with Gasteiger partial charge in [0.05, 0.1) is 5.75 Å². The van der Waals surface area contributed by atoms with Crippen LogP contribution in [0.1, 0.15) is 23.8 Å². The standard InChI is InChI=1S/C13H11F2N3OS2/c14-9-4-3-8(5-10(9)15)20-6-11(19)16-13-18-17-12(21-13)7-1-2-7/h3-5,7H,1-2,6H2,(H,16,18,19). The summed E-state index contributed by atoms with van der Waals surface area (Å²) in [5, 5.41) is 12.0. The minimum atomic E-state index is -0.918. The molecule has 4 nitrogen and oxygen atoms in total. The normalized spacial score (nSPS) is 14.2. The Balaban J connectivity index is 1.52. The predicted octanol–water partition coefficient (Wildman–Crippen LogP) is 3.42. The van der Waals surface area contributed by atoms with Crippen LogP contribution in [0.25, 0.3) is 0 Å². The molecule has 1 aromatic carbocycles. The maximum Gasteiger partial charge on any atom is 0.236 e. The number of carbonyl (C=O) groups is 1. The Morgan fingerprint density at radius 1 is 1.33 bits per heavy atom. The van der Waals surface area contributed by atoms with Crippen LogP contribution in [0.4, 0.5) is 13.9 Å². The minimum absolute atomic E-state index is 0.101. The van der Waals surface area contributed by atoms with Gasteiger partial charge >= 0.3 is 0 Å². The lowest BCUT2D eigenvalue weighted by molar-refractivity contribution is -0.113. The highest BCUT2D eigenvalue weighted by Gasteiger charge is 2.27. The van der Waals surface area contributed by atoms with E-state index in [1.165, 1.54) is 17.4 Å². The van der Waals surface area contributed by atoms with E-state index >= 15 is 0 Å². The van der Waals surface area contributed by atoms with Gasteiger partial charge in [0.1, 0.15) is 5.01 Å². The van der Waals surface area contributed by atoms with E-state index in [2.05, 4.69) is 15.5 Å². The van der Waals surface area contributed by atoms with Gasteiger partial charge in [-0.1, -0.05) is 11.3 Å². The smallest absolute Gasteiger partial charge is 0.236 e. The first-order valence-corrected chi connectivity index (χ1v) is 8.13. The summed E-state index contributed by atoms with van der Waals surface area (Å²) in [5.41, 5.74) is 0. The molecular weight excluding hydrogens is 316 g/mol. The number of aromatic nitrogens is 2. The van der Waals surface area contributed by atoms with Crippen molar-refractivity contribution in [3.05, 3.63) is 34.8 Å². The molecule has 1 heterocycles. The van der Waals surface area contributed by atoms with E-state index in [-0.39, 0.29) is 11.7 Å². The maximum atomic E-state index is 13.0. The third kappa shape index (κ3) is 3.76. The van der Waals surface area contributed by atoms with Gasteiger partial charge in [0.25, 0.3) is 0 Å². The summed E-state index contributed by atoms with van der Waals surface area (Å²) in [5.74, 6) is -1.46. The fraction of sp³-hybridized carbons (Fsp3) is 0.308. The van der Waals surface area contributed by atoms with Crippen LogP contribution in [-0.4, -0.2) is 21.9 Å². The second-order valence-corrected chi connectivity index (χ2v) is 6.69. The number of amides is 1. The van der Waals surface area contributed by atoms with Crippen molar-refractivity contribution in [2.24, 2.45) is 0 Å². The Bertz CT molecular complexity index is 673. The molecule has 0 unspecified atom stereocenters. The fourth-order valence-electron chi connectivity index (χ4n) is 1.65. The van der Waals surface area contributed by atoms with Crippen LogP contribution in [0.5, 0.6) is 0 Å². The third-order valence-corrected chi connectivity index (χ3v) is 4.87. The number of nitrogens with zero attached hydrogens (tertiary/aromatic N) is 2. The van der Waals surface area contributed by atoms with E-state index in [0.29, 0.717) is 15.9 Å². The van der Waals surface area contributed by atoms with Crippen LogP contribution < -0.4 is 5.32 Å². The molecule has 8 heteroatoms. The van der Waals surface area contributed by atoms with Gasteiger partial charge in [0.2, 0.25) is 11.0 Å². The van der Waals surface area contributed by atoms with Gasteiger partial charge in [-0.05, 0) is 31.0 Å². The van der Waals surface area contributed by atoms with Crippen molar-refractivity contribution < 1.29 is 13.6 Å². The summed E-state index contributed by atoms with van der Waals surface area (Å²) >= 11 is 2.52. The molecule has 3 rings (SSSR count). The molecule has 1 aliphatic rings. The zero-order valence-electron chi connectivity index (χ0n) is 10.8. The molecule has 110 valence electrons. The Hall–Kier alpha value is -1.54. The fourth-order valence-corrected chi connectivity index (χ4v) is 3.30. The molecule has 0 saturated heterocycles. The van der Waals surface area contributed by atoms with Gasteiger partial charge < -0.3 is 0 Å². The summed E-state index contributed by atoms with van der Waals surface area (Å²) in [4.78, 5) is 12.3. The van der Waals surface area contributed by atoms with Gasteiger partial charge in [0.15, 0.2) is 11.6 Å². The van der Waals surface area contributed by atoms with Gasteiger partial charge in [-0.3, -0.25) is 10.1 Å². The number of rotatable bonds is 5. The largest absolute Gasteiger partial charge is 0.300 e. The average Bonchev–Trinajstić information content (AvgIpc) is 3.21. The van der Waals surface area contributed by atoms with Crippen molar-refractivity contribution >= 4 is 34.1 Å². The summed E-state index contributed by atoms with van der Waals surface area (Å²) < 4.78 is 25.8. The molecule has 0 spiro atoms. The molecule has 1 aromatic heterocycles. The van der Waals surface area contributed by atoms with Crippen LogP contribution in [0.3, 0.4) is 0 Å². The molecule has 2 aromatic rings. The van der Waals surface area contributed by atoms with Gasteiger partial charge in [-0.15, -0.1) is 22.0 Å². The molecular formula is C13H11F2N3OS2. The van der Waals surface area contributed by atoms with Crippen molar-refractivity contribution in [2.75, 3.05) is 11.1 Å². The van der Waals surface area contributed by atoms with Crippen molar-refractivity contribution in [3.8, 4) is 0 Å². The predicted molar refractivity (Wildman–Crippen MR) is 77.6 cm³/mol. The third-order valence-electron chi connectivity index (χ3n) is 2.87. The minimum Gasteiger partial charge on any atom is -0.300 e. The van der Waals surface area contributed by atoms with E-state index in [9.17, 15) is 13.6 Å². The Morgan fingerprint density at radius 3 is 2.86 bits per heavy atom. The summed E-state index contributed by atoms with van der Waals surface area (Å²) in [6, 6.07) is 3.55. The molecule has 0 bridgehead atoms. The lowest BCUT2D eigenvalue weighted by Crippen LogP contribution is -2.13. The van der Waals surface area contributed by atoms with Gasteiger partial charge in [-0.25, -0.2) is 8.78 Å². The summed E-state index contributed by atoms with van der Waals surface area (Å²) in [6.45, 7) is 0. The van der Waals surface area contributed by atoms with Crippen molar-refractivity contribution in [3.63, 3.8) is 0 Å². The number of halogens is 2. The number of carbonyl (C=O) groups excluding carboxylic acids is 1. The topological polar surface area (TPSA) is 54.9 Å². The molecule has 1 aliphatic carbocycles. The molecule has 1 fully saturated rings. The molecule has 0 atom stereocenters. The van der Waals surface area contributed by atoms with Crippen molar-refractivity contribution in [1.82, 2.24) is 10.2 Å². The van der Waals surface area contributed by atoms with Crippen LogP contribution in [-0.2, 0) is 4.79 Å². The van der Waals surface area contributed by atoms with Crippen molar-refractivity contribution in [2.45, 2.75) is 23.7 Å². The molecule has 1 amide bonds. The van der Waals surface area contributed by atoms with E-state index in [4.69, 9.17) is 0 Å². The Kier molecular flexibility index (Phi) is 4.16. The second kappa shape index (κ2) is 6.07. The highest BCUT2D eigenvalue weighted by Crippen LogP contribution is 2.42. The van der Waals surface area contributed by atoms with Gasteiger partial charge in [-0.2, -0.15) is 0 Å². The first-order valence-electron chi connectivity index (χ1n) is 6.33. The first-order chi connectivity index (χ1) is 10.1. The van der Waals surface area contributed by atoms with E-state index in [0.717, 1.165) is 41.7 Å². The summed E-state index contributed by atoms with van der Waals surface area (Å²) in [6.07, 6.45) is 2.27. The van der Waals surface area contributed by atoms with Crippen LogP contribution in [0, 0.1) is 11.6 Å². The quantitative estimate of drug-likeness (QED) is 0.855. The number of hydrogen-bond donors (Lipinski definition) is 1. The molecule has 1 N–H and O–H groups in total. The van der Waals surface area contributed by atoms with E-state index < -0.39 is 11.6 Å². The highest BCUT2D eigenvalue weighted by atomic mass is 32.2. The molecule has 1 saturated carbocycles. The number of hydrogen-bond acceptors (Lipinski definition) is 5. The first kappa shape index (κ1) is 14.4. The molecule has 0 aliphatic heterocycles. The van der Waals surface area contributed by atoms with E-state index in [1.54, 1.807) is 0 Å². The van der Waals surface area contributed by atoms with Crippen LogP contribution in [0.2, 0.25) is 0 Å². The number of anilines is 1. The zero-order valence-corrected chi connectivity index (χ0v) is 12.4. The molecule has 0 radical (unpaired) electrons. The van der Waals surface area contributed by atoms with Crippen LogP contribution >= 0.6 is 23.1 Å². The van der Waals surface area contributed by atoms with E-state index in [1.807, 2.05) is 0 Å². The number of thioether (sulfide) groups is 1. The number of benzene rings is 1. The summed E-state index contributed by atoms with van der Waals surface area (Å²) in [7, 11) is 0. The van der Waals surface area contributed by atoms with Crippen molar-refractivity contribution in [1.29, 1.82) is 0 Å². The zero-order chi connectivity index (χ0) is 14.8. The average molecular weight is 327 g/mol. The SMILES string of the molecule is O=C(CSc1ccc(F)c(F)c1)Nc1nnc(C2CC2)s1. The lowest BCUT2D eigenvalue weighted by atomic mass is 10.3.